The van der Waals surface area contributed by atoms with E-state index in [1.807, 2.05) is 20.8 Å². The van der Waals surface area contributed by atoms with Crippen molar-refractivity contribution in [1.82, 2.24) is 9.80 Å². The number of hydrogen-bond acceptors (Lipinski definition) is 2. The van der Waals surface area contributed by atoms with Gasteiger partial charge in [-0.3, -0.25) is 9.59 Å². The van der Waals surface area contributed by atoms with E-state index in [1.54, 1.807) is 23.8 Å². The molecule has 2 amide bonds. The lowest BCUT2D eigenvalue weighted by atomic mass is 10.1. The summed E-state index contributed by atoms with van der Waals surface area (Å²) in [7, 11) is 1.72. The maximum absolute atomic E-state index is 11.8. The maximum Gasteiger partial charge on any atom is 0.234 e. The first kappa shape index (κ1) is 13.9. The molecule has 88 valence electrons. The monoisotopic (exact) mass is 214 g/mol. The van der Waals surface area contributed by atoms with Crippen LogP contribution in [0.4, 0.5) is 0 Å². The molecule has 0 rings (SSSR count). The summed E-state index contributed by atoms with van der Waals surface area (Å²) in [6.07, 6.45) is 0. The second-order valence-corrected chi connectivity index (χ2v) is 3.58. The zero-order chi connectivity index (χ0) is 12.0. The van der Waals surface area contributed by atoms with Crippen molar-refractivity contribution in [3.8, 4) is 0 Å². The molecule has 0 aliphatic heterocycles. The molecule has 0 aromatic rings. The van der Waals surface area contributed by atoms with Crippen molar-refractivity contribution in [3.63, 3.8) is 0 Å². The minimum absolute atomic E-state index is 0.0784. The number of rotatable bonds is 5. The summed E-state index contributed by atoms with van der Waals surface area (Å²) < 4.78 is 0. The Morgan fingerprint density at radius 1 is 1.00 bits per heavy atom. The average molecular weight is 214 g/mol. The van der Waals surface area contributed by atoms with Crippen LogP contribution < -0.4 is 0 Å². The fourth-order valence-corrected chi connectivity index (χ4v) is 1.40. The molecule has 0 radical (unpaired) electrons. The number of carbonyl (C=O) groups is 2. The van der Waals surface area contributed by atoms with Crippen molar-refractivity contribution >= 4 is 11.8 Å². The molecule has 0 N–H and O–H groups in total. The van der Waals surface area contributed by atoms with Crippen LogP contribution in [0.5, 0.6) is 0 Å². The van der Waals surface area contributed by atoms with Gasteiger partial charge in [0.2, 0.25) is 11.8 Å². The van der Waals surface area contributed by atoms with Crippen molar-refractivity contribution in [2.24, 2.45) is 5.92 Å². The third kappa shape index (κ3) is 3.53. The first-order valence-corrected chi connectivity index (χ1v) is 5.53. The van der Waals surface area contributed by atoms with E-state index in [-0.39, 0.29) is 11.8 Å². The summed E-state index contributed by atoms with van der Waals surface area (Å²) in [5, 5.41) is 0. The lowest BCUT2D eigenvalue weighted by molar-refractivity contribution is -0.145. The highest BCUT2D eigenvalue weighted by atomic mass is 16.2. The average Bonchev–Trinajstić information content (AvgIpc) is 2.27. The van der Waals surface area contributed by atoms with E-state index in [4.69, 9.17) is 0 Å². The molecule has 0 heterocycles. The van der Waals surface area contributed by atoms with Gasteiger partial charge in [0, 0.05) is 26.7 Å². The Hall–Kier alpha value is -1.06. The molecule has 4 heteroatoms. The second kappa shape index (κ2) is 6.43. The van der Waals surface area contributed by atoms with Crippen molar-refractivity contribution in [1.29, 1.82) is 0 Å². The summed E-state index contributed by atoms with van der Waals surface area (Å²) in [6, 6.07) is 0. The molecule has 0 aromatic heterocycles. The van der Waals surface area contributed by atoms with Crippen molar-refractivity contribution in [2.45, 2.75) is 27.7 Å². The van der Waals surface area contributed by atoms with Crippen molar-refractivity contribution < 1.29 is 9.59 Å². The van der Waals surface area contributed by atoms with Crippen LogP contribution in [0, 0.1) is 5.92 Å². The van der Waals surface area contributed by atoms with Gasteiger partial charge in [-0.1, -0.05) is 0 Å². The molecule has 0 bridgehead atoms. The zero-order valence-electron chi connectivity index (χ0n) is 10.4. The maximum atomic E-state index is 11.8. The molecule has 15 heavy (non-hydrogen) atoms. The minimum Gasteiger partial charge on any atom is -0.345 e. The Kier molecular flexibility index (Phi) is 5.97. The number of nitrogens with zero attached hydrogens (tertiary/aromatic N) is 2. The van der Waals surface area contributed by atoms with E-state index in [9.17, 15) is 9.59 Å². The molecule has 0 spiro atoms. The molecule has 1 atom stereocenters. The minimum atomic E-state index is -0.560. The van der Waals surface area contributed by atoms with Crippen molar-refractivity contribution in [2.75, 3.05) is 26.7 Å². The van der Waals surface area contributed by atoms with Crippen LogP contribution >= 0.6 is 0 Å². The van der Waals surface area contributed by atoms with E-state index in [1.165, 1.54) is 0 Å². The van der Waals surface area contributed by atoms with Crippen LogP contribution in [-0.2, 0) is 9.59 Å². The van der Waals surface area contributed by atoms with Gasteiger partial charge in [0.25, 0.3) is 0 Å². The standard InChI is InChI=1S/C11H22N2O2/c1-6-12(5)10(14)9(4)11(15)13(7-2)8-3/h9H,6-8H2,1-5H3. The van der Waals surface area contributed by atoms with Gasteiger partial charge in [0.05, 0.1) is 0 Å². The molecular weight excluding hydrogens is 192 g/mol. The molecule has 0 aromatic carbocycles. The van der Waals surface area contributed by atoms with Gasteiger partial charge in [-0.05, 0) is 27.7 Å². The summed E-state index contributed by atoms with van der Waals surface area (Å²) in [6.45, 7) is 9.35. The van der Waals surface area contributed by atoms with Crippen LogP contribution in [0.2, 0.25) is 0 Å². The predicted octanol–water partition coefficient (Wildman–Crippen LogP) is 0.969. The van der Waals surface area contributed by atoms with Crippen LogP contribution in [0.25, 0.3) is 0 Å². The van der Waals surface area contributed by atoms with E-state index in [0.29, 0.717) is 19.6 Å². The van der Waals surface area contributed by atoms with Gasteiger partial charge in [-0.2, -0.15) is 0 Å². The summed E-state index contributed by atoms with van der Waals surface area (Å²) in [5.74, 6) is -0.741. The van der Waals surface area contributed by atoms with Crippen molar-refractivity contribution in [3.05, 3.63) is 0 Å². The van der Waals surface area contributed by atoms with E-state index >= 15 is 0 Å². The fourth-order valence-electron chi connectivity index (χ4n) is 1.40. The summed E-state index contributed by atoms with van der Waals surface area (Å²) >= 11 is 0. The van der Waals surface area contributed by atoms with Crippen LogP contribution in [-0.4, -0.2) is 48.3 Å². The molecule has 0 fully saturated rings. The van der Waals surface area contributed by atoms with Gasteiger partial charge in [0.15, 0.2) is 0 Å². The highest BCUT2D eigenvalue weighted by Gasteiger charge is 2.26. The highest BCUT2D eigenvalue weighted by Crippen LogP contribution is 2.06. The lowest BCUT2D eigenvalue weighted by Crippen LogP contribution is -2.42. The highest BCUT2D eigenvalue weighted by molar-refractivity contribution is 5.99. The third-order valence-electron chi connectivity index (χ3n) is 2.67. The third-order valence-corrected chi connectivity index (χ3v) is 2.67. The quantitative estimate of drug-likeness (QED) is 0.640. The van der Waals surface area contributed by atoms with Gasteiger partial charge in [-0.15, -0.1) is 0 Å². The normalized spacial score (nSPS) is 12.1. The van der Waals surface area contributed by atoms with E-state index in [0.717, 1.165) is 0 Å². The van der Waals surface area contributed by atoms with Gasteiger partial charge < -0.3 is 9.80 Å². The number of hydrogen-bond donors (Lipinski definition) is 0. The van der Waals surface area contributed by atoms with Crippen LogP contribution in [0.15, 0.2) is 0 Å². The van der Waals surface area contributed by atoms with E-state index < -0.39 is 5.92 Å². The Morgan fingerprint density at radius 2 is 1.47 bits per heavy atom. The summed E-state index contributed by atoms with van der Waals surface area (Å²) in [4.78, 5) is 26.8. The molecule has 0 aliphatic carbocycles. The first-order valence-electron chi connectivity index (χ1n) is 5.53. The second-order valence-electron chi connectivity index (χ2n) is 3.58. The van der Waals surface area contributed by atoms with Gasteiger partial charge in [0.1, 0.15) is 5.92 Å². The summed E-state index contributed by atoms with van der Waals surface area (Å²) in [5.41, 5.74) is 0. The van der Waals surface area contributed by atoms with Gasteiger partial charge >= 0.3 is 0 Å². The smallest absolute Gasteiger partial charge is 0.234 e. The Bertz CT molecular complexity index is 225. The largest absolute Gasteiger partial charge is 0.345 e. The number of carbonyl (C=O) groups excluding carboxylic acids is 2. The molecule has 1 unspecified atom stereocenters. The zero-order valence-corrected chi connectivity index (χ0v) is 10.4. The SMILES string of the molecule is CCN(C)C(=O)C(C)C(=O)N(CC)CC. The van der Waals surface area contributed by atoms with Crippen LogP contribution in [0.1, 0.15) is 27.7 Å². The fraction of sp³-hybridized carbons (Fsp3) is 0.818. The molecule has 0 saturated heterocycles. The molecular formula is C11H22N2O2. The Labute approximate surface area is 92.2 Å². The Balaban J connectivity index is 4.49. The molecule has 4 nitrogen and oxygen atoms in total. The predicted molar refractivity (Wildman–Crippen MR) is 60.4 cm³/mol. The van der Waals surface area contributed by atoms with E-state index in [2.05, 4.69) is 0 Å². The number of amides is 2. The Morgan fingerprint density at radius 3 is 1.80 bits per heavy atom. The molecule has 0 aliphatic rings. The lowest BCUT2D eigenvalue weighted by Gasteiger charge is -2.25. The topological polar surface area (TPSA) is 40.6 Å². The van der Waals surface area contributed by atoms with Gasteiger partial charge in [-0.25, -0.2) is 0 Å². The first-order chi connectivity index (χ1) is 6.99. The molecule has 0 saturated carbocycles. The van der Waals surface area contributed by atoms with Crippen LogP contribution in [0.3, 0.4) is 0 Å².